The molecule has 1 aliphatic heterocycles. The summed E-state index contributed by atoms with van der Waals surface area (Å²) in [6.45, 7) is 4.44. The van der Waals surface area contributed by atoms with E-state index in [1.807, 2.05) is 11.0 Å². The van der Waals surface area contributed by atoms with Crippen LogP contribution in [0.15, 0.2) is 54.6 Å². The second-order valence-electron chi connectivity index (χ2n) is 6.62. The number of amides is 1. The maximum absolute atomic E-state index is 13.2. The number of aryl methyl sites for hydroxylation is 1. The summed E-state index contributed by atoms with van der Waals surface area (Å²) < 4.78 is 13.2. The summed E-state index contributed by atoms with van der Waals surface area (Å²) in [5.41, 5.74) is 2.13. The summed E-state index contributed by atoms with van der Waals surface area (Å²) in [4.78, 5) is 16.7. The highest BCUT2D eigenvalue weighted by molar-refractivity contribution is 5.78. The maximum Gasteiger partial charge on any atom is 0.227 e. The summed E-state index contributed by atoms with van der Waals surface area (Å²) in [6.07, 6.45) is 2.52. The van der Waals surface area contributed by atoms with Crippen molar-refractivity contribution in [3.63, 3.8) is 0 Å². The summed E-state index contributed by atoms with van der Waals surface area (Å²) in [7, 11) is 0. The van der Waals surface area contributed by atoms with Crippen molar-refractivity contribution in [2.45, 2.75) is 19.3 Å². The van der Waals surface area contributed by atoms with Gasteiger partial charge in [-0.1, -0.05) is 42.5 Å². The smallest absolute Gasteiger partial charge is 0.227 e. The Kier molecular flexibility index (Phi) is 6.18. The van der Waals surface area contributed by atoms with Crippen molar-refractivity contribution in [2.24, 2.45) is 0 Å². The first-order valence-electron chi connectivity index (χ1n) is 8.99. The average molecular weight is 340 g/mol. The molecular weight excluding hydrogens is 315 g/mol. The molecule has 0 unspecified atom stereocenters. The molecule has 0 aromatic heterocycles. The Balaban J connectivity index is 1.38. The monoisotopic (exact) mass is 340 g/mol. The first-order valence-corrected chi connectivity index (χ1v) is 8.99. The molecule has 0 radical (unpaired) electrons. The zero-order chi connectivity index (χ0) is 17.5. The zero-order valence-electron chi connectivity index (χ0n) is 14.5. The summed E-state index contributed by atoms with van der Waals surface area (Å²) in [6, 6.07) is 16.9. The lowest BCUT2D eigenvalue weighted by Gasteiger charge is -2.34. The van der Waals surface area contributed by atoms with E-state index in [1.165, 1.54) is 17.7 Å². The molecule has 3 rings (SSSR count). The number of hydrogen-bond donors (Lipinski definition) is 0. The minimum atomic E-state index is -0.284. The fraction of sp³-hybridized carbons (Fsp3) is 0.381. The Bertz CT molecular complexity index is 681. The highest BCUT2D eigenvalue weighted by Gasteiger charge is 2.20. The van der Waals surface area contributed by atoms with Crippen LogP contribution in [-0.2, 0) is 17.6 Å². The van der Waals surface area contributed by atoms with Gasteiger partial charge in [0.2, 0.25) is 5.91 Å². The van der Waals surface area contributed by atoms with Crippen molar-refractivity contribution in [2.75, 3.05) is 32.7 Å². The SMILES string of the molecule is O=C(Cc1cccc(F)c1)N1CCN(CCCc2ccccc2)CC1. The Labute approximate surface area is 149 Å². The second kappa shape index (κ2) is 8.77. The molecule has 0 saturated carbocycles. The molecule has 1 aliphatic rings. The molecule has 132 valence electrons. The van der Waals surface area contributed by atoms with E-state index in [-0.39, 0.29) is 18.1 Å². The van der Waals surface area contributed by atoms with E-state index in [0.717, 1.165) is 51.1 Å². The molecule has 1 heterocycles. The van der Waals surface area contributed by atoms with E-state index in [2.05, 4.69) is 29.2 Å². The minimum absolute atomic E-state index is 0.0922. The van der Waals surface area contributed by atoms with Gasteiger partial charge in [-0.05, 0) is 42.6 Å². The van der Waals surface area contributed by atoms with Crippen LogP contribution in [0.5, 0.6) is 0 Å². The van der Waals surface area contributed by atoms with Gasteiger partial charge in [-0.2, -0.15) is 0 Å². The lowest BCUT2D eigenvalue weighted by atomic mass is 10.1. The first-order chi connectivity index (χ1) is 12.2. The minimum Gasteiger partial charge on any atom is -0.340 e. The Hall–Kier alpha value is -2.20. The fourth-order valence-corrected chi connectivity index (χ4v) is 3.31. The number of carbonyl (C=O) groups is 1. The van der Waals surface area contributed by atoms with Gasteiger partial charge in [-0.3, -0.25) is 9.69 Å². The highest BCUT2D eigenvalue weighted by Crippen LogP contribution is 2.10. The zero-order valence-corrected chi connectivity index (χ0v) is 14.5. The number of hydrogen-bond acceptors (Lipinski definition) is 2. The molecule has 1 saturated heterocycles. The van der Waals surface area contributed by atoms with Crippen molar-refractivity contribution >= 4 is 5.91 Å². The van der Waals surface area contributed by atoms with Gasteiger partial charge >= 0.3 is 0 Å². The predicted molar refractivity (Wildman–Crippen MR) is 97.9 cm³/mol. The number of halogens is 1. The van der Waals surface area contributed by atoms with Crippen LogP contribution in [0.4, 0.5) is 4.39 Å². The summed E-state index contributed by atoms with van der Waals surface area (Å²) in [5.74, 6) is -0.192. The van der Waals surface area contributed by atoms with Crippen LogP contribution in [0.3, 0.4) is 0 Å². The largest absolute Gasteiger partial charge is 0.340 e. The van der Waals surface area contributed by atoms with Crippen LogP contribution in [0, 0.1) is 5.82 Å². The van der Waals surface area contributed by atoms with E-state index in [4.69, 9.17) is 0 Å². The molecule has 25 heavy (non-hydrogen) atoms. The van der Waals surface area contributed by atoms with Crippen molar-refractivity contribution in [3.8, 4) is 0 Å². The standard InChI is InChI=1S/C21H25FN2O/c22-20-10-4-8-19(16-20)17-21(25)24-14-12-23(13-15-24)11-5-9-18-6-2-1-3-7-18/h1-4,6-8,10,16H,5,9,11-15,17H2. The van der Waals surface area contributed by atoms with E-state index >= 15 is 0 Å². The molecule has 4 heteroatoms. The number of rotatable bonds is 6. The third-order valence-corrected chi connectivity index (χ3v) is 4.75. The Morgan fingerprint density at radius 2 is 1.64 bits per heavy atom. The van der Waals surface area contributed by atoms with Gasteiger partial charge in [0.05, 0.1) is 6.42 Å². The van der Waals surface area contributed by atoms with Crippen LogP contribution in [0.25, 0.3) is 0 Å². The number of nitrogens with zero attached hydrogens (tertiary/aromatic N) is 2. The molecular formula is C21H25FN2O. The Morgan fingerprint density at radius 3 is 2.36 bits per heavy atom. The number of benzene rings is 2. The molecule has 0 aliphatic carbocycles. The molecule has 0 atom stereocenters. The van der Waals surface area contributed by atoms with Gasteiger partial charge < -0.3 is 4.90 Å². The van der Waals surface area contributed by atoms with Crippen LogP contribution in [-0.4, -0.2) is 48.4 Å². The van der Waals surface area contributed by atoms with Crippen LogP contribution >= 0.6 is 0 Å². The van der Waals surface area contributed by atoms with E-state index in [9.17, 15) is 9.18 Å². The van der Waals surface area contributed by atoms with Gasteiger partial charge in [-0.25, -0.2) is 4.39 Å². The van der Waals surface area contributed by atoms with Crippen molar-refractivity contribution in [1.29, 1.82) is 0 Å². The molecule has 0 spiro atoms. The molecule has 1 amide bonds. The lowest BCUT2D eigenvalue weighted by molar-refractivity contribution is -0.132. The van der Waals surface area contributed by atoms with E-state index < -0.39 is 0 Å². The fourth-order valence-electron chi connectivity index (χ4n) is 3.31. The molecule has 1 fully saturated rings. The van der Waals surface area contributed by atoms with Crippen molar-refractivity contribution in [1.82, 2.24) is 9.80 Å². The van der Waals surface area contributed by atoms with Gasteiger partial charge in [0.25, 0.3) is 0 Å². The lowest BCUT2D eigenvalue weighted by Crippen LogP contribution is -2.49. The third kappa shape index (κ3) is 5.40. The number of piperazine rings is 1. The Morgan fingerprint density at radius 1 is 0.920 bits per heavy atom. The summed E-state index contributed by atoms with van der Waals surface area (Å²) in [5, 5.41) is 0. The quantitative estimate of drug-likeness (QED) is 0.806. The second-order valence-corrected chi connectivity index (χ2v) is 6.62. The highest BCUT2D eigenvalue weighted by atomic mass is 19.1. The van der Waals surface area contributed by atoms with Gasteiger partial charge in [0.1, 0.15) is 5.82 Å². The summed E-state index contributed by atoms with van der Waals surface area (Å²) >= 11 is 0. The van der Waals surface area contributed by atoms with Crippen molar-refractivity contribution < 1.29 is 9.18 Å². The van der Waals surface area contributed by atoms with Crippen LogP contribution in [0.2, 0.25) is 0 Å². The van der Waals surface area contributed by atoms with Gasteiger partial charge in [0, 0.05) is 26.2 Å². The topological polar surface area (TPSA) is 23.6 Å². The first kappa shape index (κ1) is 17.6. The molecule has 2 aromatic carbocycles. The maximum atomic E-state index is 13.2. The normalized spacial score (nSPS) is 15.3. The third-order valence-electron chi connectivity index (χ3n) is 4.75. The van der Waals surface area contributed by atoms with Gasteiger partial charge in [0.15, 0.2) is 0 Å². The average Bonchev–Trinajstić information content (AvgIpc) is 2.63. The number of carbonyl (C=O) groups excluding carboxylic acids is 1. The van der Waals surface area contributed by atoms with Crippen LogP contribution in [0.1, 0.15) is 17.5 Å². The molecule has 0 N–H and O–H groups in total. The molecule has 3 nitrogen and oxygen atoms in total. The molecule has 0 bridgehead atoms. The van der Waals surface area contributed by atoms with Crippen LogP contribution < -0.4 is 0 Å². The van der Waals surface area contributed by atoms with Crippen molar-refractivity contribution in [3.05, 3.63) is 71.5 Å². The van der Waals surface area contributed by atoms with E-state index in [0.29, 0.717) is 0 Å². The van der Waals surface area contributed by atoms with Gasteiger partial charge in [-0.15, -0.1) is 0 Å². The van der Waals surface area contributed by atoms with E-state index in [1.54, 1.807) is 12.1 Å². The predicted octanol–water partition coefficient (Wildman–Crippen LogP) is 3.15. The molecule has 2 aromatic rings.